The topological polar surface area (TPSA) is 79.9 Å². The molecular weight excluding hydrogens is 252 g/mol. The van der Waals surface area contributed by atoms with Crippen LogP contribution in [0.15, 0.2) is 40.6 Å². The van der Waals surface area contributed by atoms with Crippen LogP contribution in [0.1, 0.15) is 6.92 Å². The second kappa shape index (κ2) is 6.06. The fourth-order valence-corrected chi connectivity index (χ4v) is 1.94. The van der Waals surface area contributed by atoms with Crippen LogP contribution in [0, 0.1) is 0 Å². The Morgan fingerprint density at radius 1 is 1.44 bits per heavy atom. The van der Waals surface area contributed by atoms with Gasteiger partial charge in [0.05, 0.1) is 6.61 Å². The van der Waals surface area contributed by atoms with Crippen molar-refractivity contribution in [2.24, 2.45) is 0 Å². The molecule has 2 aromatic rings. The van der Waals surface area contributed by atoms with E-state index in [1.54, 1.807) is 19.1 Å². The summed E-state index contributed by atoms with van der Waals surface area (Å²) in [5.74, 6) is 0. The van der Waals surface area contributed by atoms with Crippen LogP contribution in [0.3, 0.4) is 0 Å². The average Bonchev–Trinajstić information content (AvgIpc) is 2.85. The van der Waals surface area contributed by atoms with E-state index < -0.39 is 6.09 Å². The van der Waals surface area contributed by atoms with Crippen molar-refractivity contribution in [3.05, 3.63) is 30.6 Å². The van der Waals surface area contributed by atoms with E-state index in [4.69, 9.17) is 4.74 Å². The number of anilines is 1. The van der Waals surface area contributed by atoms with Gasteiger partial charge in [0.1, 0.15) is 6.33 Å². The van der Waals surface area contributed by atoms with Crippen molar-refractivity contribution in [1.82, 2.24) is 15.2 Å². The normalized spacial score (nSPS) is 10.1. The molecule has 1 aromatic heterocycles. The lowest BCUT2D eigenvalue weighted by atomic mass is 10.3. The van der Waals surface area contributed by atoms with Gasteiger partial charge in [0.15, 0.2) is 5.16 Å². The van der Waals surface area contributed by atoms with Gasteiger partial charge in [-0.1, -0.05) is 11.8 Å². The van der Waals surface area contributed by atoms with Crippen LogP contribution in [0.25, 0.3) is 0 Å². The number of carbonyl (C=O) groups is 1. The number of carbonyl (C=O) groups excluding carboxylic acids is 1. The Kier molecular flexibility index (Phi) is 4.19. The molecule has 1 aromatic carbocycles. The first-order chi connectivity index (χ1) is 8.78. The van der Waals surface area contributed by atoms with Gasteiger partial charge < -0.3 is 4.74 Å². The fourth-order valence-electron chi connectivity index (χ4n) is 1.25. The van der Waals surface area contributed by atoms with E-state index in [-0.39, 0.29) is 0 Å². The summed E-state index contributed by atoms with van der Waals surface area (Å²) in [4.78, 5) is 16.2. The zero-order valence-corrected chi connectivity index (χ0v) is 10.5. The SMILES string of the molecule is CCOC(=O)Nc1ccc(Sc2ncn[nH]2)cc1. The Morgan fingerprint density at radius 3 is 2.83 bits per heavy atom. The van der Waals surface area contributed by atoms with Gasteiger partial charge in [-0.2, -0.15) is 5.10 Å². The smallest absolute Gasteiger partial charge is 0.411 e. The second-order valence-electron chi connectivity index (χ2n) is 3.26. The van der Waals surface area contributed by atoms with E-state index in [2.05, 4.69) is 20.5 Å². The van der Waals surface area contributed by atoms with E-state index in [0.29, 0.717) is 12.3 Å². The lowest BCUT2D eigenvalue weighted by Gasteiger charge is -2.05. The zero-order valence-electron chi connectivity index (χ0n) is 9.71. The first-order valence-electron chi connectivity index (χ1n) is 5.35. The van der Waals surface area contributed by atoms with Gasteiger partial charge in [-0.25, -0.2) is 9.78 Å². The summed E-state index contributed by atoms with van der Waals surface area (Å²) >= 11 is 1.46. The number of aromatic amines is 1. The molecule has 6 nitrogen and oxygen atoms in total. The largest absolute Gasteiger partial charge is 0.450 e. The van der Waals surface area contributed by atoms with Gasteiger partial charge in [-0.05, 0) is 31.2 Å². The lowest BCUT2D eigenvalue weighted by Crippen LogP contribution is -2.12. The Morgan fingerprint density at radius 2 is 2.22 bits per heavy atom. The number of hydrogen-bond acceptors (Lipinski definition) is 5. The number of H-pyrrole nitrogens is 1. The molecular formula is C11H12N4O2S. The molecule has 18 heavy (non-hydrogen) atoms. The highest BCUT2D eigenvalue weighted by atomic mass is 32.2. The minimum Gasteiger partial charge on any atom is -0.450 e. The number of benzene rings is 1. The maximum atomic E-state index is 11.2. The Labute approximate surface area is 108 Å². The molecule has 0 aliphatic carbocycles. The van der Waals surface area contributed by atoms with Gasteiger partial charge in [-0.15, -0.1) is 0 Å². The molecule has 0 atom stereocenters. The molecule has 0 aliphatic rings. The van der Waals surface area contributed by atoms with Crippen LogP contribution in [-0.4, -0.2) is 27.9 Å². The van der Waals surface area contributed by atoms with Gasteiger partial charge >= 0.3 is 6.09 Å². The van der Waals surface area contributed by atoms with Gasteiger partial charge in [0.2, 0.25) is 0 Å². The monoisotopic (exact) mass is 264 g/mol. The fraction of sp³-hybridized carbons (Fsp3) is 0.182. The highest BCUT2D eigenvalue weighted by Gasteiger charge is 2.03. The average molecular weight is 264 g/mol. The molecule has 1 amide bonds. The van der Waals surface area contributed by atoms with Crippen LogP contribution in [0.4, 0.5) is 10.5 Å². The molecule has 7 heteroatoms. The minimum absolute atomic E-state index is 0.352. The van der Waals surface area contributed by atoms with Crippen molar-refractivity contribution in [2.45, 2.75) is 17.0 Å². The van der Waals surface area contributed by atoms with Gasteiger partial charge in [0.25, 0.3) is 0 Å². The predicted molar refractivity (Wildman–Crippen MR) is 67.6 cm³/mol. The summed E-state index contributed by atoms with van der Waals surface area (Å²) in [7, 11) is 0. The summed E-state index contributed by atoms with van der Waals surface area (Å²) in [6, 6.07) is 7.37. The van der Waals surface area contributed by atoms with E-state index in [1.807, 2.05) is 12.1 Å². The van der Waals surface area contributed by atoms with E-state index in [1.165, 1.54) is 18.1 Å². The standard InChI is InChI=1S/C11H12N4O2S/c1-2-17-11(16)14-8-3-5-9(6-4-8)18-10-12-7-13-15-10/h3-7H,2H2,1H3,(H,14,16)(H,12,13,15). The van der Waals surface area contributed by atoms with Crippen molar-refractivity contribution in [3.8, 4) is 0 Å². The van der Waals surface area contributed by atoms with Crippen LogP contribution in [0.5, 0.6) is 0 Å². The maximum Gasteiger partial charge on any atom is 0.411 e. The molecule has 94 valence electrons. The molecule has 2 rings (SSSR count). The number of hydrogen-bond donors (Lipinski definition) is 2. The zero-order chi connectivity index (χ0) is 12.8. The number of aromatic nitrogens is 3. The lowest BCUT2D eigenvalue weighted by molar-refractivity contribution is 0.168. The predicted octanol–water partition coefficient (Wildman–Crippen LogP) is 2.52. The minimum atomic E-state index is -0.451. The third-order valence-electron chi connectivity index (χ3n) is 1.98. The van der Waals surface area contributed by atoms with Gasteiger partial charge in [0, 0.05) is 10.6 Å². The maximum absolute atomic E-state index is 11.2. The van der Waals surface area contributed by atoms with E-state index in [0.717, 1.165) is 10.1 Å². The van der Waals surface area contributed by atoms with Crippen molar-refractivity contribution in [3.63, 3.8) is 0 Å². The first kappa shape index (κ1) is 12.4. The van der Waals surface area contributed by atoms with Crippen LogP contribution >= 0.6 is 11.8 Å². The quantitative estimate of drug-likeness (QED) is 0.887. The molecule has 0 unspecified atom stereocenters. The number of ether oxygens (including phenoxy) is 1. The highest BCUT2D eigenvalue weighted by molar-refractivity contribution is 7.99. The summed E-state index contributed by atoms with van der Waals surface area (Å²) in [5.41, 5.74) is 0.690. The first-order valence-corrected chi connectivity index (χ1v) is 6.16. The van der Waals surface area contributed by atoms with Crippen LogP contribution in [-0.2, 0) is 4.74 Å². The molecule has 0 fully saturated rings. The third-order valence-corrected chi connectivity index (χ3v) is 2.88. The van der Waals surface area contributed by atoms with Crippen molar-refractivity contribution >= 4 is 23.5 Å². The molecule has 0 bridgehead atoms. The number of amides is 1. The molecule has 0 saturated heterocycles. The van der Waals surface area contributed by atoms with E-state index >= 15 is 0 Å². The Bertz CT molecular complexity index is 498. The summed E-state index contributed by atoms with van der Waals surface area (Å²) in [5, 5.41) is 9.87. The highest BCUT2D eigenvalue weighted by Crippen LogP contribution is 2.25. The van der Waals surface area contributed by atoms with E-state index in [9.17, 15) is 4.79 Å². The second-order valence-corrected chi connectivity index (χ2v) is 4.32. The molecule has 0 aliphatic heterocycles. The van der Waals surface area contributed by atoms with Crippen molar-refractivity contribution in [1.29, 1.82) is 0 Å². The summed E-state index contributed by atoms with van der Waals surface area (Å²) in [6.45, 7) is 2.11. The van der Waals surface area contributed by atoms with Crippen molar-refractivity contribution in [2.75, 3.05) is 11.9 Å². The number of nitrogens with one attached hydrogen (secondary N) is 2. The van der Waals surface area contributed by atoms with Gasteiger partial charge in [-0.3, -0.25) is 10.4 Å². The molecule has 2 N–H and O–H groups in total. The van der Waals surface area contributed by atoms with Crippen molar-refractivity contribution < 1.29 is 9.53 Å². The number of nitrogens with zero attached hydrogens (tertiary/aromatic N) is 2. The molecule has 0 radical (unpaired) electrons. The Balaban J connectivity index is 1.95. The van der Waals surface area contributed by atoms with Crippen LogP contribution in [0.2, 0.25) is 0 Å². The number of rotatable bonds is 4. The van der Waals surface area contributed by atoms with Crippen LogP contribution < -0.4 is 5.32 Å². The molecule has 0 spiro atoms. The molecule has 0 saturated carbocycles. The summed E-state index contributed by atoms with van der Waals surface area (Å²) in [6.07, 6.45) is 1.01. The summed E-state index contributed by atoms with van der Waals surface area (Å²) < 4.78 is 4.78. The Hall–Kier alpha value is -2.02. The third kappa shape index (κ3) is 3.49. The molecule has 1 heterocycles.